The summed E-state index contributed by atoms with van der Waals surface area (Å²) in [5.41, 5.74) is 0.162. The van der Waals surface area contributed by atoms with Gasteiger partial charge in [0.2, 0.25) is 0 Å². The van der Waals surface area contributed by atoms with Crippen molar-refractivity contribution in [2.45, 2.75) is 32.1 Å². The van der Waals surface area contributed by atoms with Crippen LogP contribution in [-0.2, 0) is 4.79 Å². The largest absolute Gasteiger partial charge is 0.431 e. The maximum Gasteiger partial charge on any atom is 0.431 e. The molecule has 4 rings (SSSR count). The van der Waals surface area contributed by atoms with Crippen LogP contribution in [0.15, 0.2) is 59.3 Å². The second-order valence-corrected chi connectivity index (χ2v) is 7.06. The van der Waals surface area contributed by atoms with Crippen LogP contribution in [0.1, 0.15) is 25.3 Å². The van der Waals surface area contributed by atoms with Crippen molar-refractivity contribution < 1.29 is 18.0 Å². The molecule has 4 nitrogen and oxygen atoms in total. The first kappa shape index (κ1) is 17.6. The molecule has 0 aromatic heterocycles. The molecule has 0 aliphatic carbocycles. The van der Waals surface area contributed by atoms with Gasteiger partial charge in [-0.2, -0.15) is 18.3 Å². The Morgan fingerprint density at radius 2 is 1.81 bits per heavy atom. The van der Waals surface area contributed by atoms with E-state index in [1.807, 2.05) is 32.0 Å². The molecule has 1 amide bonds. The van der Waals surface area contributed by atoms with E-state index in [2.05, 4.69) is 10.4 Å². The summed E-state index contributed by atoms with van der Waals surface area (Å²) in [5, 5.41) is 9.28. The highest BCUT2D eigenvalue weighted by Gasteiger charge is 2.53. The van der Waals surface area contributed by atoms with Crippen molar-refractivity contribution in [1.29, 1.82) is 0 Å². The van der Waals surface area contributed by atoms with E-state index < -0.39 is 29.9 Å². The number of hydrogen-bond donors (Lipinski definition) is 1. The number of hydrazone groups is 1. The fourth-order valence-electron chi connectivity index (χ4n) is 3.68. The van der Waals surface area contributed by atoms with Crippen LogP contribution in [-0.4, -0.2) is 29.0 Å². The molecular weight excluding hydrogens is 355 g/mol. The normalized spacial score (nSPS) is 22.6. The number of carbonyl (C=O) groups excluding carboxylic acids is 1. The summed E-state index contributed by atoms with van der Waals surface area (Å²) in [6.07, 6.45) is -4.22. The number of allylic oxidation sites excluding steroid dienone is 1. The highest BCUT2D eigenvalue weighted by Crippen LogP contribution is 2.41. The Bertz CT molecular complexity index is 973. The molecule has 2 unspecified atom stereocenters. The molecule has 2 aliphatic heterocycles. The van der Waals surface area contributed by atoms with E-state index in [9.17, 15) is 18.0 Å². The fourth-order valence-corrected chi connectivity index (χ4v) is 3.68. The zero-order chi connectivity index (χ0) is 19.3. The summed E-state index contributed by atoms with van der Waals surface area (Å²) in [6.45, 7) is 3.77. The van der Waals surface area contributed by atoms with Crippen molar-refractivity contribution in [3.05, 3.63) is 59.8 Å². The van der Waals surface area contributed by atoms with Crippen LogP contribution in [0.2, 0.25) is 0 Å². The molecule has 0 bridgehead atoms. The van der Waals surface area contributed by atoms with Gasteiger partial charge < -0.3 is 5.32 Å². The number of alkyl halides is 3. The zero-order valence-corrected chi connectivity index (χ0v) is 14.8. The molecular formula is C20H18F3N3O. The van der Waals surface area contributed by atoms with Gasteiger partial charge in [-0.05, 0) is 22.3 Å². The third kappa shape index (κ3) is 2.87. The van der Waals surface area contributed by atoms with Crippen molar-refractivity contribution in [1.82, 2.24) is 10.3 Å². The first-order chi connectivity index (χ1) is 12.8. The van der Waals surface area contributed by atoms with Gasteiger partial charge in [0.1, 0.15) is 6.17 Å². The van der Waals surface area contributed by atoms with Gasteiger partial charge in [-0.25, -0.2) is 5.01 Å². The van der Waals surface area contributed by atoms with E-state index in [-0.39, 0.29) is 5.92 Å². The van der Waals surface area contributed by atoms with E-state index in [0.717, 1.165) is 15.8 Å². The zero-order valence-electron chi connectivity index (χ0n) is 14.8. The van der Waals surface area contributed by atoms with Gasteiger partial charge >= 0.3 is 6.18 Å². The van der Waals surface area contributed by atoms with Crippen molar-refractivity contribution in [2.75, 3.05) is 0 Å². The minimum Gasteiger partial charge on any atom is -0.366 e. The number of nitrogens with zero attached hydrogens (tertiary/aromatic N) is 2. The monoisotopic (exact) mass is 373 g/mol. The fraction of sp³-hybridized carbons (Fsp3) is 0.300. The predicted molar refractivity (Wildman–Crippen MR) is 96.9 cm³/mol. The number of carbonyl (C=O) groups is 1. The topological polar surface area (TPSA) is 44.7 Å². The molecule has 1 N–H and O–H groups in total. The van der Waals surface area contributed by atoms with Crippen LogP contribution >= 0.6 is 0 Å². The van der Waals surface area contributed by atoms with Crippen LogP contribution in [0.5, 0.6) is 0 Å². The van der Waals surface area contributed by atoms with Gasteiger partial charge in [-0.1, -0.05) is 56.3 Å². The SMILES string of the molecule is CC(C)C1=CC(=O)N2N=C(C(F)(F)F)C(c3cccc4ccccc34)C2N1. The van der Waals surface area contributed by atoms with Crippen molar-refractivity contribution in [3.63, 3.8) is 0 Å². The Kier molecular flexibility index (Phi) is 3.98. The average Bonchev–Trinajstić information content (AvgIpc) is 3.01. The Balaban J connectivity index is 1.89. The standard InChI is InChI=1S/C20H18F3N3O/c1-11(2)15-10-16(27)26-19(24-15)17(18(25-26)20(21,22)23)14-9-5-7-12-6-3-4-8-13(12)14/h3-11,17,19,24H,1-2H3. The minimum atomic E-state index is -4.64. The number of amides is 1. The summed E-state index contributed by atoms with van der Waals surface area (Å²) in [5.74, 6) is -1.66. The summed E-state index contributed by atoms with van der Waals surface area (Å²) in [6, 6.07) is 12.6. The summed E-state index contributed by atoms with van der Waals surface area (Å²) < 4.78 is 41.4. The van der Waals surface area contributed by atoms with Gasteiger partial charge in [-0.15, -0.1) is 0 Å². The maximum absolute atomic E-state index is 13.8. The van der Waals surface area contributed by atoms with Crippen LogP contribution in [0.3, 0.4) is 0 Å². The Hall–Kier alpha value is -2.83. The lowest BCUT2D eigenvalue weighted by Crippen LogP contribution is -2.50. The van der Waals surface area contributed by atoms with E-state index >= 15 is 0 Å². The first-order valence-electron chi connectivity index (χ1n) is 8.72. The highest BCUT2D eigenvalue weighted by atomic mass is 19.4. The lowest BCUT2D eigenvalue weighted by Gasteiger charge is -2.34. The number of rotatable bonds is 2. The lowest BCUT2D eigenvalue weighted by atomic mass is 9.87. The molecule has 0 saturated heterocycles. The molecule has 7 heteroatoms. The molecule has 27 heavy (non-hydrogen) atoms. The minimum absolute atomic E-state index is 0.0146. The molecule has 0 radical (unpaired) electrons. The number of nitrogens with one attached hydrogen (secondary N) is 1. The van der Waals surface area contributed by atoms with Crippen molar-refractivity contribution >= 4 is 22.4 Å². The quantitative estimate of drug-likeness (QED) is 0.859. The van der Waals surface area contributed by atoms with Gasteiger partial charge in [0.05, 0.1) is 5.92 Å². The average molecular weight is 373 g/mol. The highest BCUT2D eigenvalue weighted by molar-refractivity contribution is 6.04. The van der Waals surface area contributed by atoms with Crippen LogP contribution < -0.4 is 5.32 Å². The Morgan fingerprint density at radius 3 is 2.52 bits per heavy atom. The molecule has 140 valence electrons. The molecule has 2 heterocycles. The predicted octanol–water partition coefficient (Wildman–Crippen LogP) is 4.15. The smallest absolute Gasteiger partial charge is 0.366 e. The van der Waals surface area contributed by atoms with Crippen LogP contribution in [0.4, 0.5) is 13.2 Å². The third-order valence-corrected chi connectivity index (χ3v) is 4.98. The second kappa shape index (κ2) is 6.11. The Labute approximate surface area is 154 Å². The van der Waals surface area contributed by atoms with Gasteiger partial charge in [0.15, 0.2) is 5.71 Å². The number of halogens is 3. The molecule has 2 atom stereocenters. The van der Waals surface area contributed by atoms with Gasteiger partial charge in [-0.3, -0.25) is 4.79 Å². The van der Waals surface area contributed by atoms with Crippen LogP contribution in [0.25, 0.3) is 10.8 Å². The van der Waals surface area contributed by atoms with Crippen molar-refractivity contribution in [3.8, 4) is 0 Å². The summed E-state index contributed by atoms with van der Waals surface area (Å²) >= 11 is 0. The summed E-state index contributed by atoms with van der Waals surface area (Å²) in [4.78, 5) is 12.4. The number of hydrogen-bond acceptors (Lipinski definition) is 3. The number of fused-ring (bicyclic) bond motifs is 2. The number of benzene rings is 2. The van der Waals surface area contributed by atoms with Gasteiger partial charge in [0, 0.05) is 11.8 Å². The lowest BCUT2D eigenvalue weighted by molar-refractivity contribution is -0.129. The van der Waals surface area contributed by atoms with Crippen molar-refractivity contribution in [2.24, 2.45) is 11.0 Å². The second-order valence-electron chi connectivity index (χ2n) is 7.06. The first-order valence-corrected chi connectivity index (χ1v) is 8.72. The molecule has 2 aromatic rings. The summed E-state index contributed by atoms with van der Waals surface area (Å²) in [7, 11) is 0. The van der Waals surface area contributed by atoms with E-state index in [1.165, 1.54) is 6.08 Å². The molecule has 0 saturated carbocycles. The Morgan fingerprint density at radius 1 is 1.11 bits per heavy atom. The maximum atomic E-state index is 13.8. The van der Waals surface area contributed by atoms with Gasteiger partial charge in [0.25, 0.3) is 5.91 Å². The van der Waals surface area contributed by atoms with E-state index in [4.69, 9.17) is 0 Å². The molecule has 0 fully saturated rings. The molecule has 2 aromatic carbocycles. The van der Waals surface area contributed by atoms with E-state index in [1.54, 1.807) is 24.3 Å². The van der Waals surface area contributed by atoms with E-state index in [0.29, 0.717) is 11.3 Å². The molecule has 0 spiro atoms. The van der Waals surface area contributed by atoms with Crippen LogP contribution in [0, 0.1) is 5.92 Å². The third-order valence-electron chi connectivity index (χ3n) is 4.98. The molecule has 2 aliphatic rings.